The number of carbonyl (C=O) groups is 1. The molecular weight excluding hydrogens is 332 g/mol. The molecule has 0 aliphatic carbocycles. The van der Waals surface area contributed by atoms with E-state index in [-0.39, 0.29) is 12.0 Å². The van der Waals surface area contributed by atoms with Crippen LogP contribution in [0.3, 0.4) is 0 Å². The van der Waals surface area contributed by atoms with E-state index in [1.165, 1.54) is 0 Å². The van der Waals surface area contributed by atoms with Gasteiger partial charge in [0.05, 0.1) is 24.1 Å². The van der Waals surface area contributed by atoms with Gasteiger partial charge in [-0.3, -0.25) is 0 Å². The van der Waals surface area contributed by atoms with Crippen molar-refractivity contribution >= 4 is 6.09 Å². The number of ether oxygens (including phenoxy) is 1. The van der Waals surface area contributed by atoms with E-state index in [9.17, 15) is 10.1 Å². The van der Waals surface area contributed by atoms with E-state index in [1.54, 1.807) is 18.3 Å². The van der Waals surface area contributed by atoms with Gasteiger partial charge in [0.15, 0.2) is 0 Å². The highest BCUT2D eigenvalue weighted by Gasteiger charge is 2.13. The number of benzene rings is 1. The number of aryl methyl sites for hydroxylation is 1. The van der Waals surface area contributed by atoms with Crippen LogP contribution in [0.15, 0.2) is 30.5 Å². The van der Waals surface area contributed by atoms with Gasteiger partial charge in [-0.1, -0.05) is 13.0 Å². The van der Waals surface area contributed by atoms with Crippen LogP contribution >= 0.6 is 0 Å². The van der Waals surface area contributed by atoms with E-state index in [0.717, 1.165) is 16.8 Å². The molecule has 0 saturated carbocycles. The molecule has 2 N–H and O–H groups in total. The van der Waals surface area contributed by atoms with Gasteiger partial charge in [-0.2, -0.15) is 15.5 Å². The molecule has 26 heavy (non-hydrogen) atoms. The minimum atomic E-state index is -1.03. The lowest BCUT2D eigenvalue weighted by Gasteiger charge is -2.18. The monoisotopic (exact) mass is 354 g/mol. The molecular formula is C19H22N4O3. The van der Waals surface area contributed by atoms with Gasteiger partial charge in [0.25, 0.3) is 0 Å². The minimum absolute atomic E-state index is 0.134. The summed E-state index contributed by atoms with van der Waals surface area (Å²) < 4.78 is 5.78. The predicted molar refractivity (Wildman–Crippen MR) is 96.8 cm³/mol. The van der Waals surface area contributed by atoms with Crippen molar-refractivity contribution in [1.82, 2.24) is 15.5 Å². The Morgan fingerprint density at radius 3 is 2.77 bits per heavy atom. The first-order valence-corrected chi connectivity index (χ1v) is 8.35. The summed E-state index contributed by atoms with van der Waals surface area (Å²) >= 11 is 0. The second-order valence-electron chi connectivity index (χ2n) is 6.41. The average molecular weight is 354 g/mol. The molecule has 2 atom stereocenters. The Kier molecular flexibility index (Phi) is 6.50. The van der Waals surface area contributed by atoms with Crippen molar-refractivity contribution in [2.75, 3.05) is 6.61 Å². The molecule has 0 spiro atoms. The first-order valence-electron chi connectivity index (χ1n) is 8.35. The summed E-state index contributed by atoms with van der Waals surface area (Å²) in [5.41, 5.74) is 3.02. The van der Waals surface area contributed by atoms with Crippen LogP contribution in [0.5, 0.6) is 5.75 Å². The first kappa shape index (κ1) is 19.2. The number of carboxylic acid groups (broad SMARTS) is 1. The SMILES string of the molecule is Cc1cc(-c2ccc(OCC(C)CC(C)NC(=O)O)c(C#N)c2)cnn1. The van der Waals surface area contributed by atoms with Crippen LogP contribution in [0.2, 0.25) is 0 Å². The Hall–Kier alpha value is -3.14. The molecule has 0 radical (unpaired) electrons. The standard InChI is InChI=1S/C19H22N4O3/c1-12(6-13(2)22-19(24)25)11-26-18-5-4-15(8-16(18)9-20)17-7-14(3)23-21-10-17/h4-5,7-8,10,12-13,22H,6,11H2,1-3H3,(H,24,25). The Bertz CT molecular complexity index is 817. The zero-order chi connectivity index (χ0) is 19.1. The fourth-order valence-electron chi connectivity index (χ4n) is 2.73. The summed E-state index contributed by atoms with van der Waals surface area (Å²) in [6.45, 7) is 6.05. The summed E-state index contributed by atoms with van der Waals surface area (Å²) in [4.78, 5) is 10.6. The molecule has 1 heterocycles. The van der Waals surface area contributed by atoms with Crippen molar-refractivity contribution in [1.29, 1.82) is 5.26 Å². The second kappa shape index (κ2) is 8.81. The number of hydrogen-bond acceptors (Lipinski definition) is 5. The van der Waals surface area contributed by atoms with E-state index in [1.807, 2.05) is 32.9 Å². The van der Waals surface area contributed by atoms with Gasteiger partial charge in [-0.05, 0) is 49.9 Å². The van der Waals surface area contributed by atoms with Gasteiger partial charge in [-0.25, -0.2) is 4.79 Å². The normalized spacial score (nSPS) is 12.7. The summed E-state index contributed by atoms with van der Waals surface area (Å²) in [7, 11) is 0. The molecule has 0 aliphatic rings. The van der Waals surface area contributed by atoms with Crippen molar-refractivity contribution in [3.05, 3.63) is 41.7 Å². The third-order valence-electron chi connectivity index (χ3n) is 3.86. The van der Waals surface area contributed by atoms with Gasteiger partial charge < -0.3 is 15.2 Å². The number of amides is 1. The quantitative estimate of drug-likeness (QED) is 0.789. The Morgan fingerprint density at radius 1 is 1.35 bits per heavy atom. The van der Waals surface area contributed by atoms with Gasteiger partial charge in [0.2, 0.25) is 0 Å². The smallest absolute Gasteiger partial charge is 0.404 e. The minimum Gasteiger partial charge on any atom is -0.492 e. The van der Waals surface area contributed by atoms with E-state index >= 15 is 0 Å². The molecule has 0 bridgehead atoms. The molecule has 136 valence electrons. The third kappa shape index (κ3) is 5.45. The molecule has 7 nitrogen and oxygen atoms in total. The van der Waals surface area contributed by atoms with Crippen LogP contribution in [0.1, 0.15) is 31.5 Å². The topological polar surface area (TPSA) is 108 Å². The number of nitriles is 1. The maximum Gasteiger partial charge on any atom is 0.404 e. The van der Waals surface area contributed by atoms with Crippen LogP contribution in [-0.2, 0) is 0 Å². The van der Waals surface area contributed by atoms with E-state index in [4.69, 9.17) is 9.84 Å². The van der Waals surface area contributed by atoms with Gasteiger partial charge in [-0.15, -0.1) is 0 Å². The van der Waals surface area contributed by atoms with Crippen LogP contribution in [0, 0.1) is 24.2 Å². The number of hydrogen-bond donors (Lipinski definition) is 2. The molecule has 2 rings (SSSR count). The molecule has 1 aromatic carbocycles. The fourth-order valence-corrected chi connectivity index (χ4v) is 2.73. The lowest BCUT2D eigenvalue weighted by atomic mass is 10.0. The van der Waals surface area contributed by atoms with Crippen molar-refractivity contribution in [3.63, 3.8) is 0 Å². The van der Waals surface area contributed by atoms with Crippen LogP contribution < -0.4 is 10.1 Å². The summed E-state index contributed by atoms with van der Waals surface area (Å²) in [5.74, 6) is 0.649. The highest BCUT2D eigenvalue weighted by Crippen LogP contribution is 2.26. The molecule has 0 fully saturated rings. The van der Waals surface area contributed by atoms with Gasteiger partial charge in [0, 0.05) is 11.6 Å². The number of aromatic nitrogens is 2. The maximum absolute atomic E-state index is 10.6. The Labute approximate surface area is 152 Å². The first-order chi connectivity index (χ1) is 12.4. The summed E-state index contributed by atoms with van der Waals surface area (Å²) in [5, 5.41) is 28.4. The number of rotatable bonds is 7. The lowest BCUT2D eigenvalue weighted by Crippen LogP contribution is -2.33. The molecule has 1 aromatic heterocycles. The van der Waals surface area contributed by atoms with Crippen molar-refractivity contribution in [2.24, 2.45) is 5.92 Å². The van der Waals surface area contributed by atoms with Gasteiger partial charge in [0.1, 0.15) is 11.8 Å². The van der Waals surface area contributed by atoms with E-state index < -0.39 is 6.09 Å². The van der Waals surface area contributed by atoms with E-state index in [2.05, 4.69) is 21.6 Å². The molecule has 1 amide bonds. The second-order valence-corrected chi connectivity index (χ2v) is 6.41. The van der Waals surface area contributed by atoms with Crippen LogP contribution in [0.25, 0.3) is 11.1 Å². The fraction of sp³-hybridized carbons (Fsp3) is 0.368. The molecule has 7 heteroatoms. The number of nitrogens with zero attached hydrogens (tertiary/aromatic N) is 3. The zero-order valence-corrected chi connectivity index (χ0v) is 15.1. The van der Waals surface area contributed by atoms with E-state index in [0.29, 0.717) is 24.3 Å². The Morgan fingerprint density at radius 2 is 2.12 bits per heavy atom. The zero-order valence-electron chi connectivity index (χ0n) is 15.1. The lowest BCUT2D eigenvalue weighted by molar-refractivity contribution is 0.185. The molecule has 0 saturated heterocycles. The maximum atomic E-state index is 10.6. The van der Waals surface area contributed by atoms with Crippen molar-refractivity contribution < 1.29 is 14.6 Å². The molecule has 0 aliphatic heterocycles. The highest BCUT2D eigenvalue weighted by atomic mass is 16.5. The highest BCUT2D eigenvalue weighted by molar-refractivity contribution is 5.66. The summed E-state index contributed by atoms with van der Waals surface area (Å²) in [6, 6.07) is 9.33. The number of nitrogens with one attached hydrogen (secondary N) is 1. The Balaban J connectivity index is 2.04. The average Bonchev–Trinajstić information content (AvgIpc) is 2.59. The van der Waals surface area contributed by atoms with Crippen molar-refractivity contribution in [3.8, 4) is 22.9 Å². The van der Waals surface area contributed by atoms with Gasteiger partial charge >= 0.3 is 6.09 Å². The molecule has 2 aromatic rings. The predicted octanol–water partition coefficient (Wildman–Crippen LogP) is 3.38. The third-order valence-corrected chi connectivity index (χ3v) is 3.86. The molecule has 2 unspecified atom stereocenters. The van der Waals surface area contributed by atoms with Crippen LogP contribution in [0.4, 0.5) is 4.79 Å². The van der Waals surface area contributed by atoms with Crippen LogP contribution in [-0.4, -0.2) is 34.0 Å². The largest absolute Gasteiger partial charge is 0.492 e. The van der Waals surface area contributed by atoms with Crippen molar-refractivity contribution in [2.45, 2.75) is 33.2 Å². The summed E-state index contributed by atoms with van der Waals surface area (Å²) in [6.07, 6.45) is 1.27.